The van der Waals surface area contributed by atoms with E-state index in [2.05, 4.69) is 0 Å². The number of benzene rings is 3. The number of nitrogens with zero attached hydrogens (tertiary/aromatic N) is 1. The number of hydrogen-bond acceptors (Lipinski definition) is 5. The molecule has 6 heteroatoms. The Morgan fingerprint density at radius 1 is 0.935 bits per heavy atom. The molecular weight excluding hydrogens is 394 g/mol. The molecule has 1 heterocycles. The van der Waals surface area contributed by atoms with E-state index in [1.165, 1.54) is 12.0 Å². The van der Waals surface area contributed by atoms with Crippen LogP contribution in [-0.4, -0.2) is 29.7 Å². The molecule has 0 aromatic heterocycles. The lowest BCUT2D eigenvalue weighted by atomic mass is 9.86. The molecule has 0 radical (unpaired) electrons. The van der Waals surface area contributed by atoms with Gasteiger partial charge in [0.05, 0.1) is 19.8 Å². The second-order valence-corrected chi connectivity index (χ2v) is 7.29. The number of aliphatic hydroxyl groups is 1. The number of hydrogen-bond donors (Lipinski definition) is 1. The third kappa shape index (κ3) is 3.73. The molecule has 0 aliphatic carbocycles. The van der Waals surface area contributed by atoms with Crippen molar-refractivity contribution in [3.63, 3.8) is 0 Å². The standard InChI is InChI=1S/C25H21NO5/c1-31-20-13-9-18(10-14-20)23(28)21-22(17-5-3-2-4-6-17)26(25(30)24(21)29)19-11-7-16(15-27)8-12-19/h2-14,21-22,27H,15H2,1H3. The van der Waals surface area contributed by atoms with Gasteiger partial charge < -0.3 is 9.84 Å². The van der Waals surface area contributed by atoms with Crippen LogP contribution in [0.25, 0.3) is 0 Å². The molecule has 0 saturated carbocycles. The van der Waals surface area contributed by atoms with E-state index < -0.39 is 29.4 Å². The van der Waals surface area contributed by atoms with E-state index in [4.69, 9.17) is 4.74 Å². The molecule has 156 valence electrons. The number of amides is 1. The second kappa shape index (κ2) is 8.53. The third-order valence-electron chi connectivity index (χ3n) is 5.50. The molecule has 1 amide bonds. The number of rotatable bonds is 6. The van der Waals surface area contributed by atoms with E-state index >= 15 is 0 Å². The highest BCUT2D eigenvalue weighted by Gasteiger charge is 2.52. The molecule has 2 unspecified atom stereocenters. The summed E-state index contributed by atoms with van der Waals surface area (Å²) < 4.78 is 5.14. The fraction of sp³-hybridized carbons (Fsp3) is 0.160. The fourth-order valence-electron chi connectivity index (χ4n) is 3.90. The van der Waals surface area contributed by atoms with E-state index in [1.54, 1.807) is 60.7 Å². The maximum absolute atomic E-state index is 13.4. The number of Topliss-reactive ketones (excluding diaryl/α,β-unsaturated/α-hetero) is 2. The summed E-state index contributed by atoms with van der Waals surface area (Å²) in [5, 5.41) is 9.31. The largest absolute Gasteiger partial charge is 0.497 e. The number of aliphatic hydroxyl groups excluding tert-OH is 1. The van der Waals surface area contributed by atoms with Crippen LogP contribution in [-0.2, 0) is 16.2 Å². The molecule has 4 rings (SSSR count). The lowest BCUT2D eigenvalue weighted by molar-refractivity contribution is -0.135. The summed E-state index contributed by atoms with van der Waals surface area (Å²) in [6, 6.07) is 21.5. The number of methoxy groups -OCH3 is 1. The van der Waals surface area contributed by atoms with Crippen LogP contribution in [0.4, 0.5) is 5.69 Å². The third-order valence-corrected chi connectivity index (χ3v) is 5.50. The molecule has 1 fully saturated rings. The van der Waals surface area contributed by atoms with E-state index in [0.29, 0.717) is 28.1 Å². The van der Waals surface area contributed by atoms with Crippen LogP contribution in [0.3, 0.4) is 0 Å². The Kier molecular flexibility index (Phi) is 5.64. The van der Waals surface area contributed by atoms with Gasteiger partial charge in [-0.25, -0.2) is 0 Å². The first kappa shape index (κ1) is 20.5. The molecule has 1 aliphatic rings. The van der Waals surface area contributed by atoms with Crippen LogP contribution in [0.5, 0.6) is 5.75 Å². The minimum Gasteiger partial charge on any atom is -0.497 e. The maximum Gasteiger partial charge on any atom is 0.295 e. The van der Waals surface area contributed by atoms with Crippen LogP contribution in [0.2, 0.25) is 0 Å². The summed E-state index contributed by atoms with van der Waals surface area (Å²) in [5.74, 6) is -2.45. The highest BCUT2D eigenvalue weighted by atomic mass is 16.5. The summed E-state index contributed by atoms with van der Waals surface area (Å²) >= 11 is 0. The van der Waals surface area contributed by atoms with Crippen molar-refractivity contribution in [1.82, 2.24) is 0 Å². The summed E-state index contributed by atoms with van der Waals surface area (Å²) in [5.41, 5.74) is 2.21. The fourth-order valence-corrected chi connectivity index (χ4v) is 3.90. The van der Waals surface area contributed by atoms with Gasteiger partial charge in [0.15, 0.2) is 5.78 Å². The van der Waals surface area contributed by atoms with Crippen LogP contribution >= 0.6 is 0 Å². The Hall–Kier alpha value is -3.77. The molecule has 1 saturated heterocycles. The van der Waals surface area contributed by atoms with Gasteiger partial charge >= 0.3 is 0 Å². The van der Waals surface area contributed by atoms with Gasteiger partial charge in [0.2, 0.25) is 5.78 Å². The molecule has 31 heavy (non-hydrogen) atoms. The van der Waals surface area contributed by atoms with E-state index in [9.17, 15) is 19.5 Å². The average Bonchev–Trinajstić information content (AvgIpc) is 3.09. The Morgan fingerprint density at radius 2 is 1.58 bits per heavy atom. The zero-order valence-electron chi connectivity index (χ0n) is 16.9. The second-order valence-electron chi connectivity index (χ2n) is 7.29. The van der Waals surface area contributed by atoms with E-state index in [-0.39, 0.29) is 6.61 Å². The van der Waals surface area contributed by atoms with Gasteiger partial charge in [0.1, 0.15) is 11.7 Å². The van der Waals surface area contributed by atoms with Crippen molar-refractivity contribution >= 4 is 23.2 Å². The van der Waals surface area contributed by atoms with E-state index in [1.807, 2.05) is 18.2 Å². The molecule has 3 aromatic carbocycles. The van der Waals surface area contributed by atoms with Crippen LogP contribution in [0.1, 0.15) is 27.5 Å². The first-order valence-corrected chi connectivity index (χ1v) is 9.85. The van der Waals surface area contributed by atoms with Gasteiger partial charge in [-0.15, -0.1) is 0 Å². The molecule has 0 spiro atoms. The zero-order chi connectivity index (χ0) is 22.0. The van der Waals surface area contributed by atoms with Crippen molar-refractivity contribution in [2.45, 2.75) is 12.6 Å². The number of carbonyl (C=O) groups excluding carboxylic acids is 3. The van der Waals surface area contributed by atoms with Gasteiger partial charge in [0, 0.05) is 11.3 Å². The minimum atomic E-state index is -1.17. The maximum atomic E-state index is 13.4. The molecule has 1 N–H and O–H groups in total. The summed E-state index contributed by atoms with van der Waals surface area (Å²) in [6.07, 6.45) is 0. The molecule has 1 aliphatic heterocycles. The summed E-state index contributed by atoms with van der Waals surface area (Å²) in [6.45, 7) is -0.131. The van der Waals surface area contributed by atoms with Crippen LogP contribution in [0, 0.1) is 5.92 Å². The van der Waals surface area contributed by atoms with E-state index in [0.717, 1.165) is 0 Å². The quantitative estimate of drug-likeness (QED) is 0.379. The Morgan fingerprint density at radius 3 is 2.16 bits per heavy atom. The molecule has 6 nitrogen and oxygen atoms in total. The van der Waals surface area contributed by atoms with Gasteiger partial charge in [-0.2, -0.15) is 0 Å². The van der Waals surface area contributed by atoms with Crippen molar-refractivity contribution in [2.75, 3.05) is 12.0 Å². The Bertz CT molecular complexity index is 1110. The topological polar surface area (TPSA) is 83.9 Å². The normalized spacial score (nSPS) is 18.3. The number of ketones is 2. The lowest BCUT2D eigenvalue weighted by Gasteiger charge is -2.27. The highest BCUT2D eigenvalue weighted by Crippen LogP contribution is 2.41. The van der Waals surface area contributed by atoms with Crippen molar-refractivity contribution in [2.24, 2.45) is 5.92 Å². The van der Waals surface area contributed by atoms with Gasteiger partial charge in [-0.05, 0) is 47.5 Å². The molecule has 0 bridgehead atoms. The SMILES string of the molecule is COc1ccc(C(=O)C2C(=O)C(=O)N(c3ccc(CO)cc3)C2c2ccccc2)cc1. The van der Waals surface area contributed by atoms with Crippen molar-refractivity contribution in [3.8, 4) is 5.75 Å². The van der Waals surface area contributed by atoms with Crippen molar-refractivity contribution < 1.29 is 24.2 Å². The molecule has 2 atom stereocenters. The summed E-state index contributed by atoms with van der Waals surface area (Å²) in [7, 11) is 1.53. The first-order valence-electron chi connectivity index (χ1n) is 9.85. The summed E-state index contributed by atoms with van der Waals surface area (Å²) in [4.78, 5) is 40.9. The van der Waals surface area contributed by atoms with Crippen LogP contribution < -0.4 is 9.64 Å². The van der Waals surface area contributed by atoms with Gasteiger partial charge in [-0.1, -0.05) is 42.5 Å². The van der Waals surface area contributed by atoms with Crippen LogP contribution in [0.15, 0.2) is 78.9 Å². The zero-order valence-corrected chi connectivity index (χ0v) is 16.9. The van der Waals surface area contributed by atoms with Crippen molar-refractivity contribution in [3.05, 3.63) is 95.6 Å². The number of carbonyl (C=O) groups is 3. The first-order chi connectivity index (χ1) is 15.0. The monoisotopic (exact) mass is 415 g/mol. The average molecular weight is 415 g/mol. The lowest BCUT2D eigenvalue weighted by Crippen LogP contribution is -2.30. The predicted octanol–water partition coefficient (Wildman–Crippen LogP) is 3.34. The smallest absolute Gasteiger partial charge is 0.295 e. The van der Waals surface area contributed by atoms with Gasteiger partial charge in [0.25, 0.3) is 5.91 Å². The predicted molar refractivity (Wildman–Crippen MR) is 115 cm³/mol. The Balaban J connectivity index is 1.80. The number of ether oxygens (including phenoxy) is 1. The minimum absolute atomic E-state index is 0.131. The van der Waals surface area contributed by atoms with Crippen molar-refractivity contribution in [1.29, 1.82) is 0 Å². The molecule has 3 aromatic rings. The Labute approximate surface area is 179 Å². The molecular formula is C25H21NO5. The van der Waals surface area contributed by atoms with Gasteiger partial charge in [-0.3, -0.25) is 19.3 Å². The highest BCUT2D eigenvalue weighted by molar-refractivity contribution is 6.49. The number of anilines is 1.